The van der Waals surface area contributed by atoms with Gasteiger partial charge in [0, 0.05) is 13.2 Å². The molecule has 1 heterocycles. The summed E-state index contributed by atoms with van der Waals surface area (Å²) in [7, 11) is 0. The quantitative estimate of drug-likeness (QED) is 0.716. The molecule has 0 saturated carbocycles. The second-order valence-corrected chi connectivity index (χ2v) is 4.54. The molecule has 1 saturated heterocycles. The zero-order valence-electron chi connectivity index (χ0n) is 10.2. The number of aliphatic hydroxyl groups excluding tert-OH is 1. The van der Waals surface area contributed by atoms with E-state index in [1.807, 2.05) is 6.92 Å². The number of hydrogen-bond acceptors (Lipinski definition) is 3. The lowest BCUT2D eigenvalue weighted by atomic mass is 10.0. The molecule has 1 aliphatic rings. The largest absolute Gasteiger partial charge is 0.396 e. The highest BCUT2D eigenvalue weighted by molar-refractivity contribution is 5.80. The number of hydrogen-bond donors (Lipinski definition) is 2. The van der Waals surface area contributed by atoms with Crippen LogP contribution < -0.4 is 5.32 Å². The monoisotopic (exact) mass is 229 g/mol. The van der Waals surface area contributed by atoms with E-state index < -0.39 is 0 Å². The summed E-state index contributed by atoms with van der Waals surface area (Å²) in [4.78, 5) is 11.7. The van der Waals surface area contributed by atoms with Gasteiger partial charge in [-0.3, -0.25) is 4.79 Å². The number of amides is 1. The number of aliphatic hydroxyl groups is 1. The number of rotatable bonds is 6. The Kier molecular flexibility index (Phi) is 5.77. The van der Waals surface area contributed by atoms with E-state index in [4.69, 9.17) is 9.84 Å². The molecule has 4 heteroatoms. The minimum atomic E-state index is -0.262. The van der Waals surface area contributed by atoms with Gasteiger partial charge in [0.15, 0.2) is 0 Å². The molecule has 0 radical (unpaired) electrons. The molecule has 0 aromatic rings. The van der Waals surface area contributed by atoms with Crippen molar-refractivity contribution >= 4 is 5.91 Å². The van der Waals surface area contributed by atoms with Crippen molar-refractivity contribution in [3.8, 4) is 0 Å². The molecule has 3 atom stereocenters. The number of ether oxygens (including phenoxy) is 1. The topological polar surface area (TPSA) is 58.6 Å². The van der Waals surface area contributed by atoms with Gasteiger partial charge in [0.1, 0.15) is 6.10 Å². The van der Waals surface area contributed by atoms with Crippen molar-refractivity contribution in [2.45, 2.75) is 51.7 Å². The minimum absolute atomic E-state index is 0.000685. The molecule has 0 aliphatic carbocycles. The highest BCUT2D eigenvalue weighted by atomic mass is 16.5. The van der Waals surface area contributed by atoms with E-state index in [0.29, 0.717) is 12.5 Å². The van der Waals surface area contributed by atoms with Gasteiger partial charge in [-0.25, -0.2) is 0 Å². The van der Waals surface area contributed by atoms with E-state index in [0.717, 1.165) is 25.7 Å². The van der Waals surface area contributed by atoms with Crippen molar-refractivity contribution in [2.24, 2.45) is 5.92 Å². The molecular weight excluding hydrogens is 206 g/mol. The Morgan fingerprint density at radius 2 is 2.31 bits per heavy atom. The predicted molar refractivity (Wildman–Crippen MR) is 62.1 cm³/mol. The smallest absolute Gasteiger partial charge is 0.249 e. The van der Waals surface area contributed by atoms with Gasteiger partial charge in [0.05, 0.1) is 6.10 Å². The molecular formula is C12H23NO3. The Morgan fingerprint density at radius 3 is 2.81 bits per heavy atom. The molecule has 4 nitrogen and oxygen atoms in total. The van der Waals surface area contributed by atoms with E-state index in [1.54, 1.807) is 0 Å². The Labute approximate surface area is 97.4 Å². The molecule has 94 valence electrons. The fourth-order valence-corrected chi connectivity index (χ4v) is 1.99. The van der Waals surface area contributed by atoms with Crippen LogP contribution in [0.15, 0.2) is 0 Å². The first kappa shape index (κ1) is 13.5. The Balaban J connectivity index is 2.23. The van der Waals surface area contributed by atoms with Crippen LogP contribution >= 0.6 is 0 Å². The third kappa shape index (κ3) is 4.10. The van der Waals surface area contributed by atoms with Crippen LogP contribution in [0.3, 0.4) is 0 Å². The fourth-order valence-electron chi connectivity index (χ4n) is 1.99. The van der Waals surface area contributed by atoms with Crippen molar-refractivity contribution in [3.05, 3.63) is 0 Å². The van der Waals surface area contributed by atoms with Gasteiger partial charge in [-0.1, -0.05) is 13.3 Å². The maximum Gasteiger partial charge on any atom is 0.249 e. The predicted octanol–water partition coefficient (Wildman–Crippen LogP) is 1.08. The summed E-state index contributed by atoms with van der Waals surface area (Å²) in [6.07, 6.45) is 3.45. The second-order valence-electron chi connectivity index (χ2n) is 4.54. The van der Waals surface area contributed by atoms with Crippen LogP contribution in [-0.2, 0) is 9.53 Å². The van der Waals surface area contributed by atoms with E-state index >= 15 is 0 Å². The van der Waals surface area contributed by atoms with Crippen molar-refractivity contribution in [1.29, 1.82) is 0 Å². The lowest BCUT2D eigenvalue weighted by molar-refractivity contribution is -0.131. The molecule has 3 unspecified atom stereocenters. The van der Waals surface area contributed by atoms with Crippen molar-refractivity contribution < 1.29 is 14.6 Å². The van der Waals surface area contributed by atoms with Crippen LogP contribution in [0.5, 0.6) is 0 Å². The SMILES string of the molecule is CCC(CCO)CNC(=O)C1CCC(C)O1. The first-order chi connectivity index (χ1) is 7.67. The number of nitrogens with one attached hydrogen (secondary N) is 1. The van der Waals surface area contributed by atoms with Crippen LogP contribution in [0.4, 0.5) is 0 Å². The molecule has 1 rings (SSSR count). The Hall–Kier alpha value is -0.610. The maximum absolute atomic E-state index is 11.7. The van der Waals surface area contributed by atoms with Gasteiger partial charge in [-0.2, -0.15) is 0 Å². The maximum atomic E-state index is 11.7. The summed E-state index contributed by atoms with van der Waals surface area (Å²) in [5.41, 5.74) is 0. The van der Waals surface area contributed by atoms with Crippen LogP contribution in [0, 0.1) is 5.92 Å². The summed E-state index contributed by atoms with van der Waals surface area (Å²) in [6, 6.07) is 0. The van der Waals surface area contributed by atoms with Crippen LogP contribution in [0.2, 0.25) is 0 Å². The van der Waals surface area contributed by atoms with Gasteiger partial charge in [-0.15, -0.1) is 0 Å². The average Bonchev–Trinajstić information content (AvgIpc) is 2.70. The molecule has 0 bridgehead atoms. The number of carbonyl (C=O) groups is 1. The number of carbonyl (C=O) groups excluding carboxylic acids is 1. The van der Waals surface area contributed by atoms with Gasteiger partial charge in [-0.05, 0) is 32.1 Å². The molecule has 0 aromatic carbocycles. The average molecular weight is 229 g/mol. The van der Waals surface area contributed by atoms with Crippen LogP contribution in [-0.4, -0.2) is 36.4 Å². The molecule has 0 spiro atoms. The summed E-state index contributed by atoms with van der Waals surface area (Å²) < 4.78 is 5.49. The van der Waals surface area contributed by atoms with E-state index in [9.17, 15) is 4.79 Å². The minimum Gasteiger partial charge on any atom is -0.396 e. The lowest BCUT2D eigenvalue weighted by Crippen LogP contribution is -2.37. The highest BCUT2D eigenvalue weighted by Crippen LogP contribution is 2.19. The zero-order valence-corrected chi connectivity index (χ0v) is 10.2. The van der Waals surface area contributed by atoms with Crippen LogP contribution in [0.1, 0.15) is 39.5 Å². The molecule has 2 N–H and O–H groups in total. The zero-order chi connectivity index (χ0) is 12.0. The van der Waals surface area contributed by atoms with E-state index in [2.05, 4.69) is 12.2 Å². The van der Waals surface area contributed by atoms with Gasteiger partial charge < -0.3 is 15.2 Å². The Bertz CT molecular complexity index is 220. The van der Waals surface area contributed by atoms with Crippen molar-refractivity contribution in [2.75, 3.05) is 13.2 Å². The van der Waals surface area contributed by atoms with E-state index in [1.165, 1.54) is 0 Å². The Morgan fingerprint density at radius 1 is 1.56 bits per heavy atom. The van der Waals surface area contributed by atoms with Gasteiger partial charge in [0.25, 0.3) is 0 Å². The van der Waals surface area contributed by atoms with Crippen molar-refractivity contribution in [3.63, 3.8) is 0 Å². The molecule has 16 heavy (non-hydrogen) atoms. The second kappa shape index (κ2) is 6.86. The van der Waals surface area contributed by atoms with Crippen LogP contribution in [0.25, 0.3) is 0 Å². The summed E-state index contributed by atoms with van der Waals surface area (Å²) in [5, 5.41) is 11.7. The normalized spacial score (nSPS) is 26.7. The van der Waals surface area contributed by atoms with Gasteiger partial charge in [0.2, 0.25) is 5.91 Å². The summed E-state index contributed by atoms with van der Waals surface area (Å²) >= 11 is 0. The molecule has 1 aliphatic heterocycles. The van der Waals surface area contributed by atoms with Gasteiger partial charge >= 0.3 is 0 Å². The lowest BCUT2D eigenvalue weighted by Gasteiger charge is -2.16. The fraction of sp³-hybridized carbons (Fsp3) is 0.917. The standard InChI is InChI=1S/C12H23NO3/c1-3-10(6-7-14)8-13-12(15)11-5-4-9(2)16-11/h9-11,14H,3-8H2,1-2H3,(H,13,15). The third-order valence-electron chi connectivity index (χ3n) is 3.20. The van der Waals surface area contributed by atoms with Crippen molar-refractivity contribution in [1.82, 2.24) is 5.32 Å². The molecule has 0 aromatic heterocycles. The highest BCUT2D eigenvalue weighted by Gasteiger charge is 2.28. The summed E-state index contributed by atoms with van der Waals surface area (Å²) in [6.45, 7) is 4.89. The first-order valence-electron chi connectivity index (χ1n) is 6.21. The molecule has 1 amide bonds. The molecule has 1 fully saturated rings. The first-order valence-corrected chi connectivity index (χ1v) is 6.21. The van der Waals surface area contributed by atoms with E-state index in [-0.39, 0.29) is 24.7 Å². The third-order valence-corrected chi connectivity index (χ3v) is 3.20. The summed E-state index contributed by atoms with van der Waals surface area (Å²) in [5.74, 6) is 0.369.